The number of carbonyl (C=O) groups is 1. The number of rotatable bonds is 4. The van der Waals surface area contributed by atoms with E-state index in [1.807, 2.05) is 31.4 Å². The molecule has 0 fully saturated rings. The molecule has 0 aliphatic heterocycles. The molecule has 2 rings (SSSR count). The molecule has 1 atom stereocenters. The Hall–Kier alpha value is -1.39. The van der Waals surface area contributed by atoms with E-state index < -0.39 is 0 Å². The summed E-state index contributed by atoms with van der Waals surface area (Å²) in [6.07, 6.45) is 0.751. The second kappa shape index (κ2) is 6.17. The molecule has 2 heterocycles. The summed E-state index contributed by atoms with van der Waals surface area (Å²) >= 11 is 7.55. The summed E-state index contributed by atoms with van der Waals surface area (Å²) in [6.45, 7) is 3.95. The molecule has 0 saturated heterocycles. The first kappa shape index (κ1) is 14.0. The molecule has 3 nitrogen and oxygen atoms in total. The van der Waals surface area contributed by atoms with E-state index in [2.05, 4.69) is 10.3 Å². The standard InChI is InChI=1S/C14H15ClN2OS/c1-3-11-7-10(8-13(15)17-11)14(18)16-9(2)12-5-4-6-19-12/h4-9H,3H2,1-2H3,(H,16,18). The Labute approximate surface area is 121 Å². The van der Waals surface area contributed by atoms with Gasteiger partial charge in [0.15, 0.2) is 0 Å². The van der Waals surface area contributed by atoms with Crippen molar-refractivity contribution in [3.05, 3.63) is 50.9 Å². The van der Waals surface area contributed by atoms with E-state index in [4.69, 9.17) is 11.6 Å². The fourth-order valence-corrected chi connectivity index (χ4v) is 2.71. The lowest BCUT2D eigenvalue weighted by atomic mass is 10.1. The maximum Gasteiger partial charge on any atom is 0.251 e. The first-order valence-electron chi connectivity index (χ1n) is 6.11. The number of pyridine rings is 1. The molecule has 1 N–H and O–H groups in total. The van der Waals surface area contributed by atoms with E-state index in [9.17, 15) is 4.79 Å². The minimum Gasteiger partial charge on any atom is -0.345 e. The van der Waals surface area contributed by atoms with Gasteiger partial charge < -0.3 is 5.32 Å². The SMILES string of the molecule is CCc1cc(C(=O)NC(C)c2cccs2)cc(Cl)n1. The average molecular weight is 295 g/mol. The Balaban J connectivity index is 2.13. The Bertz CT molecular complexity index is 569. The monoisotopic (exact) mass is 294 g/mol. The van der Waals surface area contributed by atoms with Crippen LogP contribution in [-0.4, -0.2) is 10.9 Å². The van der Waals surface area contributed by atoms with Crippen LogP contribution >= 0.6 is 22.9 Å². The van der Waals surface area contributed by atoms with Crippen molar-refractivity contribution in [1.82, 2.24) is 10.3 Å². The van der Waals surface area contributed by atoms with Crippen molar-refractivity contribution in [1.29, 1.82) is 0 Å². The van der Waals surface area contributed by atoms with Crippen LogP contribution < -0.4 is 5.32 Å². The molecule has 0 radical (unpaired) electrons. The van der Waals surface area contributed by atoms with Gasteiger partial charge in [0, 0.05) is 16.1 Å². The molecule has 0 aromatic carbocycles. The minimum atomic E-state index is -0.125. The number of carbonyl (C=O) groups excluding carboxylic acids is 1. The van der Waals surface area contributed by atoms with Crippen LogP contribution in [0.1, 0.15) is 40.8 Å². The summed E-state index contributed by atoms with van der Waals surface area (Å²) in [5.74, 6) is -0.125. The third-order valence-corrected chi connectivity index (χ3v) is 4.04. The minimum absolute atomic E-state index is 0.00971. The number of hydrogen-bond acceptors (Lipinski definition) is 3. The van der Waals surface area contributed by atoms with E-state index in [0.29, 0.717) is 10.7 Å². The lowest BCUT2D eigenvalue weighted by Crippen LogP contribution is -2.26. The summed E-state index contributed by atoms with van der Waals surface area (Å²) in [4.78, 5) is 17.5. The molecule has 1 unspecified atom stereocenters. The van der Waals surface area contributed by atoms with Crippen molar-refractivity contribution >= 4 is 28.8 Å². The Kier molecular flexibility index (Phi) is 4.56. The second-order valence-corrected chi connectivity index (χ2v) is 5.60. The van der Waals surface area contributed by atoms with E-state index in [1.54, 1.807) is 23.5 Å². The summed E-state index contributed by atoms with van der Waals surface area (Å²) in [6, 6.07) is 7.34. The fourth-order valence-electron chi connectivity index (χ4n) is 1.75. The highest BCUT2D eigenvalue weighted by atomic mass is 35.5. The van der Waals surface area contributed by atoms with Gasteiger partial charge >= 0.3 is 0 Å². The highest BCUT2D eigenvalue weighted by molar-refractivity contribution is 7.10. The summed E-state index contributed by atoms with van der Waals surface area (Å²) in [7, 11) is 0. The van der Waals surface area contributed by atoms with E-state index in [0.717, 1.165) is 17.0 Å². The van der Waals surface area contributed by atoms with Crippen molar-refractivity contribution in [3.8, 4) is 0 Å². The molecule has 2 aromatic rings. The number of thiophene rings is 1. The van der Waals surface area contributed by atoms with Gasteiger partial charge in [-0.1, -0.05) is 24.6 Å². The van der Waals surface area contributed by atoms with Crippen molar-refractivity contribution in [3.63, 3.8) is 0 Å². The number of aromatic nitrogens is 1. The predicted octanol–water partition coefficient (Wildman–Crippen LogP) is 3.85. The van der Waals surface area contributed by atoms with Crippen molar-refractivity contribution in [2.45, 2.75) is 26.3 Å². The highest BCUT2D eigenvalue weighted by Crippen LogP contribution is 2.19. The maximum absolute atomic E-state index is 12.2. The van der Waals surface area contributed by atoms with E-state index in [-0.39, 0.29) is 11.9 Å². The highest BCUT2D eigenvalue weighted by Gasteiger charge is 2.13. The van der Waals surface area contributed by atoms with Crippen LogP contribution in [0.3, 0.4) is 0 Å². The molecular weight excluding hydrogens is 280 g/mol. The van der Waals surface area contributed by atoms with Gasteiger partial charge in [-0.2, -0.15) is 0 Å². The Morgan fingerprint density at radius 1 is 1.53 bits per heavy atom. The lowest BCUT2D eigenvalue weighted by molar-refractivity contribution is 0.0940. The molecule has 19 heavy (non-hydrogen) atoms. The lowest BCUT2D eigenvalue weighted by Gasteiger charge is -2.12. The van der Waals surface area contributed by atoms with Gasteiger partial charge in [0.2, 0.25) is 0 Å². The van der Waals surface area contributed by atoms with Crippen LogP contribution in [0.25, 0.3) is 0 Å². The zero-order valence-electron chi connectivity index (χ0n) is 10.8. The zero-order valence-corrected chi connectivity index (χ0v) is 12.4. The molecule has 0 aliphatic rings. The van der Waals surface area contributed by atoms with Gasteiger partial charge in [-0.15, -0.1) is 11.3 Å². The van der Waals surface area contributed by atoms with Crippen LogP contribution in [0, 0.1) is 0 Å². The van der Waals surface area contributed by atoms with Crippen molar-refractivity contribution in [2.75, 3.05) is 0 Å². The molecule has 0 bridgehead atoms. The topological polar surface area (TPSA) is 42.0 Å². The molecule has 5 heteroatoms. The summed E-state index contributed by atoms with van der Waals surface area (Å²) in [5, 5.41) is 5.31. The first-order chi connectivity index (χ1) is 9.10. The molecule has 0 spiro atoms. The number of aryl methyl sites for hydroxylation is 1. The van der Waals surface area contributed by atoms with E-state index in [1.165, 1.54) is 0 Å². The van der Waals surface area contributed by atoms with Gasteiger partial charge in [0.05, 0.1) is 6.04 Å². The molecular formula is C14H15ClN2OS. The van der Waals surface area contributed by atoms with Gasteiger partial charge in [-0.25, -0.2) is 4.98 Å². The predicted molar refractivity (Wildman–Crippen MR) is 78.8 cm³/mol. The molecule has 2 aromatic heterocycles. The number of hydrogen-bond donors (Lipinski definition) is 1. The van der Waals surface area contributed by atoms with Gasteiger partial charge in [-0.3, -0.25) is 4.79 Å². The van der Waals surface area contributed by atoms with Gasteiger partial charge in [-0.05, 0) is 36.9 Å². The number of amides is 1. The molecule has 0 aliphatic carbocycles. The van der Waals surface area contributed by atoms with Crippen LogP contribution in [0.5, 0.6) is 0 Å². The largest absolute Gasteiger partial charge is 0.345 e. The van der Waals surface area contributed by atoms with E-state index >= 15 is 0 Å². The third kappa shape index (κ3) is 3.55. The van der Waals surface area contributed by atoms with Gasteiger partial charge in [0.1, 0.15) is 5.15 Å². The summed E-state index contributed by atoms with van der Waals surface area (Å²) in [5.41, 5.74) is 1.38. The number of halogens is 1. The smallest absolute Gasteiger partial charge is 0.251 e. The van der Waals surface area contributed by atoms with Crippen LogP contribution in [-0.2, 0) is 6.42 Å². The first-order valence-corrected chi connectivity index (χ1v) is 7.36. The maximum atomic E-state index is 12.2. The van der Waals surface area contributed by atoms with Crippen molar-refractivity contribution in [2.24, 2.45) is 0 Å². The third-order valence-electron chi connectivity index (χ3n) is 2.79. The molecule has 1 amide bonds. The number of nitrogens with zero attached hydrogens (tertiary/aromatic N) is 1. The normalized spacial score (nSPS) is 12.2. The van der Waals surface area contributed by atoms with Crippen LogP contribution in [0.15, 0.2) is 29.6 Å². The number of nitrogens with one attached hydrogen (secondary N) is 1. The zero-order chi connectivity index (χ0) is 13.8. The molecule has 100 valence electrons. The van der Waals surface area contributed by atoms with Crippen molar-refractivity contribution < 1.29 is 4.79 Å². The summed E-state index contributed by atoms with van der Waals surface area (Å²) < 4.78 is 0. The fraction of sp³-hybridized carbons (Fsp3) is 0.286. The van der Waals surface area contributed by atoms with Crippen LogP contribution in [0.2, 0.25) is 5.15 Å². The Morgan fingerprint density at radius 2 is 2.32 bits per heavy atom. The average Bonchev–Trinajstić information content (AvgIpc) is 2.91. The molecule has 0 saturated carbocycles. The quantitative estimate of drug-likeness (QED) is 0.870. The van der Waals surface area contributed by atoms with Crippen LogP contribution in [0.4, 0.5) is 0 Å². The Morgan fingerprint density at radius 3 is 2.95 bits per heavy atom. The second-order valence-electron chi connectivity index (χ2n) is 4.23. The van der Waals surface area contributed by atoms with Gasteiger partial charge in [0.25, 0.3) is 5.91 Å².